The van der Waals surface area contributed by atoms with Gasteiger partial charge in [-0.2, -0.15) is 4.57 Å². The number of ketones is 1. The van der Waals surface area contributed by atoms with Crippen LogP contribution in [-0.4, -0.2) is 35.9 Å². The average molecular weight is 443 g/mol. The van der Waals surface area contributed by atoms with E-state index in [-0.39, 0.29) is 58.4 Å². The van der Waals surface area contributed by atoms with Gasteiger partial charge in [0.05, 0.1) is 18.6 Å². The third kappa shape index (κ3) is 6.12. The summed E-state index contributed by atoms with van der Waals surface area (Å²) >= 11 is 0. The van der Waals surface area contributed by atoms with Crippen molar-refractivity contribution in [2.24, 2.45) is 0 Å². The van der Waals surface area contributed by atoms with Gasteiger partial charge >= 0.3 is 11.7 Å². The Bertz CT molecular complexity index is 827. The standard InChI is InChI=1S/C17H17N2O6.BrH.H2O/c1-3-25-17(21)13-5-4-8-18(10-13)11-15(20)12-6-7-16(24-2)14(9-12)19(22)23;;/h4-10H,3,11H2,1-2H3;1H;1H2/q+1;;/p-1. The normalized spacial score (nSPS) is 9.41. The molecule has 1 heterocycles. The second kappa shape index (κ2) is 11.0. The average Bonchev–Trinajstić information content (AvgIpc) is 2.61. The fourth-order valence-corrected chi connectivity index (χ4v) is 2.22. The first-order valence-corrected chi connectivity index (χ1v) is 7.48. The topological polar surface area (TPSA) is 131 Å². The Kier molecular flexibility index (Phi) is 9.83. The summed E-state index contributed by atoms with van der Waals surface area (Å²) in [7, 11) is 1.32. The third-order valence-corrected chi connectivity index (χ3v) is 3.39. The predicted octanol–water partition coefficient (Wildman–Crippen LogP) is -1.87. The molecule has 0 atom stereocenters. The number of Topliss-reactive ketones (excluding diaryl/α,β-unsaturated/α-hetero) is 1. The fourth-order valence-electron chi connectivity index (χ4n) is 2.22. The van der Waals surface area contributed by atoms with E-state index in [1.807, 2.05) is 0 Å². The van der Waals surface area contributed by atoms with Crippen LogP contribution in [0, 0.1) is 10.1 Å². The van der Waals surface area contributed by atoms with E-state index in [4.69, 9.17) is 9.47 Å². The molecule has 0 aliphatic rings. The number of hydrogen-bond acceptors (Lipinski definition) is 6. The zero-order valence-electron chi connectivity index (χ0n) is 14.7. The van der Waals surface area contributed by atoms with E-state index in [1.54, 1.807) is 25.3 Å². The Hall–Kier alpha value is -2.85. The molecule has 0 aliphatic heterocycles. The molecular formula is C17H19BrN2O7. The van der Waals surface area contributed by atoms with Crippen molar-refractivity contribution in [2.45, 2.75) is 13.5 Å². The Morgan fingerprint density at radius 1 is 1.22 bits per heavy atom. The van der Waals surface area contributed by atoms with Gasteiger partial charge in [0.15, 0.2) is 18.1 Å². The van der Waals surface area contributed by atoms with Gasteiger partial charge in [-0.1, -0.05) is 0 Å². The van der Waals surface area contributed by atoms with Crippen LogP contribution in [0.25, 0.3) is 0 Å². The minimum Gasteiger partial charge on any atom is -1.00 e. The van der Waals surface area contributed by atoms with Crippen LogP contribution in [0.15, 0.2) is 42.7 Å². The zero-order valence-corrected chi connectivity index (χ0v) is 16.3. The van der Waals surface area contributed by atoms with Crippen LogP contribution in [-0.2, 0) is 11.3 Å². The highest BCUT2D eigenvalue weighted by molar-refractivity contribution is 5.96. The van der Waals surface area contributed by atoms with E-state index >= 15 is 0 Å². The van der Waals surface area contributed by atoms with Gasteiger partial charge in [-0.3, -0.25) is 14.9 Å². The number of rotatable bonds is 7. The van der Waals surface area contributed by atoms with Crippen LogP contribution < -0.4 is 26.3 Å². The molecule has 0 saturated carbocycles. The number of carbonyl (C=O) groups excluding carboxylic acids is 2. The largest absolute Gasteiger partial charge is 1.00 e. The molecule has 0 spiro atoms. The van der Waals surface area contributed by atoms with Crippen molar-refractivity contribution in [2.75, 3.05) is 13.7 Å². The van der Waals surface area contributed by atoms with Gasteiger partial charge in [0.25, 0.3) is 0 Å². The summed E-state index contributed by atoms with van der Waals surface area (Å²) < 4.78 is 11.3. The van der Waals surface area contributed by atoms with Gasteiger partial charge in [0.1, 0.15) is 5.56 Å². The summed E-state index contributed by atoms with van der Waals surface area (Å²) in [5, 5.41) is 11.1. The van der Waals surface area contributed by atoms with Crippen LogP contribution in [0.2, 0.25) is 0 Å². The summed E-state index contributed by atoms with van der Waals surface area (Å²) in [5.74, 6) is -0.736. The molecule has 0 unspecified atom stereocenters. The Balaban J connectivity index is 0.00000338. The van der Waals surface area contributed by atoms with Crippen LogP contribution in [0.4, 0.5) is 5.69 Å². The van der Waals surface area contributed by atoms with Gasteiger partial charge in [-0.05, 0) is 25.1 Å². The first kappa shape index (κ1) is 24.1. The lowest BCUT2D eigenvalue weighted by atomic mass is 10.1. The number of ether oxygens (including phenoxy) is 2. The summed E-state index contributed by atoms with van der Waals surface area (Å²) in [6.45, 7) is 1.88. The lowest BCUT2D eigenvalue weighted by Crippen LogP contribution is -3.00. The molecule has 27 heavy (non-hydrogen) atoms. The van der Waals surface area contributed by atoms with E-state index in [0.717, 1.165) is 0 Å². The van der Waals surface area contributed by atoms with Crippen molar-refractivity contribution in [1.29, 1.82) is 0 Å². The molecule has 2 N–H and O–H groups in total. The third-order valence-electron chi connectivity index (χ3n) is 3.39. The molecule has 1 aromatic heterocycles. The summed E-state index contributed by atoms with van der Waals surface area (Å²) in [5.41, 5.74) is 0.220. The van der Waals surface area contributed by atoms with Crippen LogP contribution in [0.1, 0.15) is 27.6 Å². The van der Waals surface area contributed by atoms with Crippen LogP contribution in [0.3, 0.4) is 0 Å². The number of benzene rings is 1. The Labute approximate surface area is 165 Å². The number of nitro benzene ring substituents is 1. The van der Waals surface area contributed by atoms with Gasteiger partial charge in [-0.25, -0.2) is 4.79 Å². The molecule has 0 fully saturated rings. The van der Waals surface area contributed by atoms with Crippen molar-refractivity contribution in [3.63, 3.8) is 0 Å². The fraction of sp³-hybridized carbons (Fsp3) is 0.235. The SMILES string of the molecule is CCOC(=O)c1ccc[n+](CC(=O)c2ccc(OC)c([N+](=O)[O-])c2)c1.O.[Br-]. The first-order chi connectivity index (χ1) is 12.0. The van der Waals surface area contributed by atoms with Crippen LogP contribution >= 0.6 is 0 Å². The number of nitro groups is 1. The summed E-state index contributed by atoms with van der Waals surface area (Å²) in [6.07, 6.45) is 3.12. The maximum atomic E-state index is 12.4. The van der Waals surface area contributed by atoms with Crippen molar-refractivity contribution < 1.29 is 51.0 Å². The maximum Gasteiger partial charge on any atom is 0.344 e. The lowest BCUT2D eigenvalue weighted by molar-refractivity contribution is -0.683. The minimum atomic E-state index is -0.607. The molecule has 10 heteroatoms. The number of aromatic nitrogens is 1. The molecule has 9 nitrogen and oxygen atoms in total. The smallest absolute Gasteiger partial charge is 0.344 e. The van der Waals surface area contributed by atoms with Crippen molar-refractivity contribution in [3.05, 3.63) is 64.0 Å². The molecule has 1 aromatic carbocycles. The van der Waals surface area contributed by atoms with Crippen molar-refractivity contribution in [1.82, 2.24) is 0 Å². The van der Waals surface area contributed by atoms with Crippen molar-refractivity contribution in [3.8, 4) is 5.75 Å². The molecule has 0 radical (unpaired) electrons. The van der Waals surface area contributed by atoms with Crippen LogP contribution in [0.5, 0.6) is 5.75 Å². The van der Waals surface area contributed by atoms with Gasteiger partial charge in [0, 0.05) is 17.7 Å². The number of nitrogens with zero attached hydrogens (tertiary/aromatic N) is 2. The summed E-state index contributed by atoms with van der Waals surface area (Å²) in [6, 6.07) is 7.22. The number of pyridine rings is 1. The Morgan fingerprint density at radius 2 is 1.93 bits per heavy atom. The quantitative estimate of drug-likeness (QED) is 0.162. The van der Waals surface area contributed by atoms with E-state index in [9.17, 15) is 19.7 Å². The number of esters is 1. The molecular weight excluding hydrogens is 424 g/mol. The molecule has 146 valence electrons. The molecule has 0 amide bonds. The second-order valence-electron chi connectivity index (χ2n) is 5.05. The van der Waals surface area contributed by atoms with E-state index in [0.29, 0.717) is 5.56 Å². The highest BCUT2D eigenvalue weighted by Crippen LogP contribution is 2.27. The van der Waals surface area contributed by atoms with E-state index < -0.39 is 10.9 Å². The van der Waals surface area contributed by atoms with E-state index in [1.165, 1.54) is 36.1 Å². The Morgan fingerprint density at radius 3 is 2.52 bits per heavy atom. The molecule has 0 aliphatic carbocycles. The van der Waals surface area contributed by atoms with E-state index in [2.05, 4.69) is 0 Å². The number of halogens is 1. The molecule has 2 aromatic rings. The van der Waals surface area contributed by atoms with Gasteiger partial charge in [0.2, 0.25) is 12.3 Å². The number of carbonyl (C=O) groups is 2. The second-order valence-corrected chi connectivity index (χ2v) is 5.05. The first-order valence-electron chi connectivity index (χ1n) is 7.48. The van der Waals surface area contributed by atoms with Crippen molar-refractivity contribution >= 4 is 17.4 Å². The molecule has 2 rings (SSSR count). The highest BCUT2D eigenvalue weighted by Gasteiger charge is 2.21. The molecule has 0 bridgehead atoms. The number of hydrogen-bond donors (Lipinski definition) is 0. The highest BCUT2D eigenvalue weighted by atomic mass is 79.9. The van der Waals surface area contributed by atoms with Gasteiger partial charge < -0.3 is 31.9 Å². The monoisotopic (exact) mass is 442 g/mol. The minimum absolute atomic E-state index is 0. The predicted molar refractivity (Wildman–Crippen MR) is 90.2 cm³/mol. The zero-order chi connectivity index (χ0) is 18.4. The number of methoxy groups -OCH3 is 1. The van der Waals surface area contributed by atoms with Gasteiger partial charge in [-0.15, -0.1) is 0 Å². The summed E-state index contributed by atoms with van der Waals surface area (Å²) in [4.78, 5) is 34.6. The molecule has 0 saturated heterocycles. The maximum absolute atomic E-state index is 12.4. The lowest BCUT2D eigenvalue weighted by Gasteiger charge is -2.04.